The van der Waals surface area contributed by atoms with Crippen LogP contribution in [0.3, 0.4) is 0 Å². The molecule has 2 N–H and O–H groups in total. The van der Waals surface area contributed by atoms with Crippen LogP contribution >= 0.6 is 46.7 Å². The molecule has 1 aliphatic heterocycles. The van der Waals surface area contributed by atoms with Crippen molar-refractivity contribution in [2.24, 2.45) is 4.99 Å². The minimum absolute atomic E-state index is 0. The van der Waals surface area contributed by atoms with E-state index in [-0.39, 0.29) is 24.0 Å². The van der Waals surface area contributed by atoms with Gasteiger partial charge < -0.3 is 10.6 Å². The summed E-state index contributed by atoms with van der Waals surface area (Å²) in [7, 11) is 1.82. The molecule has 0 spiro atoms. The molecule has 25 heavy (non-hydrogen) atoms. The van der Waals surface area contributed by atoms with Crippen molar-refractivity contribution in [2.75, 3.05) is 33.2 Å². The third-order valence-corrected chi connectivity index (χ3v) is 6.13. The lowest BCUT2D eigenvalue weighted by molar-refractivity contribution is 0.260. The molecule has 8 heteroatoms. The molecule has 0 saturated heterocycles. The van der Waals surface area contributed by atoms with Gasteiger partial charge in [-0.2, -0.15) is 0 Å². The van der Waals surface area contributed by atoms with Crippen LogP contribution in [0.5, 0.6) is 0 Å². The van der Waals surface area contributed by atoms with Crippen LogP contribution in [0.2, 0.25) is 0 Å². The second-order valence-electron chi connectivity index (χ2n) is 5.94. The normalized spacial score (nSPS) is 14.7. The Kier molecular flexibility index (Phi) is 8.60. The first-order chi connectivity index (χ1) is 11.7. The van der Waals surface area contributed by atoms with E-state index in [1.54, 1.807) is 16.2 Å². The molecule has 1 aliphatic rings. The summed E-state index contributed by atoms with van der Waals surface area (Å²) in [6.07, 6.45) is 4.06. The Bertz CT molecular complexity index is 682. The molecule has 0 aromatic carbocycles. The van der Waals surface area contributed by atoms with Crippen LogP contribution < -0.4 is 10.6 Å². The van der Waals surface area contributed by atoms with Gasteiger partial charge in [0, 0.05) is 62.1 Å². The van der Waals surface area contributed by atoms with Crippen LogP contribution in [-0.2, 0) is 19.4 Å². The number of nitrogens with one attached hydrogen (secondary N) is 2. The molecular formula is C17H26IN5S2. The molecule has 138 valence electrons. The Balaban J connectivity index is 0.00000225. The largest absolute Gasteiger partial charge is 0.356 e. The number of hydrogen-bond donors (Lipinski definition) is 2. The maximum absolute atomic E-state index is 4.39. The fourth-order valence-corrected chi connectivity index (χ4v) is 4.53. The second-order valence-corrected chi connectivity index (χ2v) is 8.26. The van der Waals surface area contributed by atoms with Gasteiger partial charge in [-0.15, -0.1) is 46.7 Å². The third kappa shape index (κ3) is 6.19. The molecule has 0 unspecified atom stereocenters. The summed E-state index contributed by atoms with van der Waals surface area (Å²) in [5.74, 6) is 0.872. The van der Waals surface area contributed by atoms with Gasteiger partial charge in [-0.1, -0.05) is 0 Å². The zero-order chi connectivity index (χ0) is 16.8. The number of aliphatic imine (C=N–C) groups is 1. The molecule has 0 amide bonds. The lowest BCUT2D eigenvalue weighted by atomic mass is 10.1. The number of rotatable bonds is 6. The molecule has 0 saturated carbocycles. The van der Waals surface area contributed by atoms with Crippen LogP contribution in [0, 0.1) is 6.92 Å². The summed E-state index contributed by atoms with van der Waals surface area (Å²) in [6, 6.07) is 2.26. The Morgan fingerprint density at radius 3 is 2.96 bits per heavy atom. The van der Waals surface area contributed by atoms with Crippen LogP contribution in [0.1, 0.15) is 20.3 Å². The van der Waals surface area contributed by atoms with Gasteiger partial charge in [0.05, 0.1) is 5.01 Å². The molecule has 3 heterocycles. The number of hydrogen-bond acceptors (Lipinski definition) is 5. The first kappa shape index (κ1) is 20.6. The summed E-state index contributed by atoms with van der Waals surface area (Å²) in [5, 5.41) is 10.2. The van der Waals surface area contributed by atoms with E-state index in [0.717, 1.165) is 45.1 Å². The number of halogens is 1. The number of thiophene rings is 1. The van der Waals surface area contributed by atoms with Crippen molar-refractivity contribution in [2.45, 2.75) is 26.3 Å². The van der Waals surface area contributed by atoms with Crippen molar-refractivity contribution in [1.29, 1.82) is 0 Å². The van der Waals surface area contributed by atoms with Crippen LogP contribution in [-0.4, -0.2) is 49.1 Å². The maximum Gasteiger partial charge on any atom is 0.191 e. The minimum atomic E-state index is 0. The Hall–Kier alpha value is -0.710. The van der Waals surface area contributed by atoms with Crippen LogP contribution in [0.25, 0.3) is 0 Å². The smallest absolute Gasteiger partial charge is 0.191 e. The number of aromatic nitrogens is 1. The zero-order valence-electron chi connectivity index (χ0n) is 14.7. The monoisotopic (exact) mass is 491 g/mol. The Morgan fingerprint density at radius 2 is 2.20 bits per heavy atom. The molecule has 2 aromatic heterocycles. The maximum atomic E-state index is 4.39. The first-order valence-corrected chi connectivity index (χ1v) is 10.1. The molecular weight excluding hydrogens is 465 g/mol. The van der Waals surface area contributed by atoms with Gasteiger partial charge in [-0.25, -0.2) is 4.98 Å². The molecule has 5 nitrogen and oxygen atoms in total. The number of guanidine groups is 1. The molecule has 3 rings (SSSR count). The van der Waals surface area contributed by atoms with Crippen molar-refractivity contribution in [1.82, 2.24) is 20.5 Å². The average Bonchev–Trinajstić information content (AvgIpc) is 3.21. The van der Waals surface area contributed by atoms with Gasteiger partial charge in [0.2, 0.25) is 0 Å². The summed E-state index contributed by atoms with van der Waals surface area (Å²) in [4.78, 5) is 14.0. The number of fused-ring (bicyclic) bond motifs is 1. The van der Waals surface area contributed by atoms with Gasteiger partial charge in [-0.3, -0.25) is 9.89 Å². The fraction of sp³-hybridized carbons (Fsp3) is 0.529. The van der Waals surface area contributed by atoms with Crippen molar-refractivity contribution < 1.29 is 0 Å². The van der Waals surface area contributed by atoms with E-state index in [4.69, 9.17) is 0 Å². The van der Waals surface area contributed by atoms with Crippen molar-refractivity contribution in [3.8, 4) is 0 Å². The van der Waals surface area contributed by atoms with E-state index in [1.165, 1.54) is 21.9 Å². The number of aryl methyl sites for hydroxylation is 1. The van der Waals surface area contributed by atoms with Crippen molar-refractivity contribution in [3.05, 3.63) is 38.0 Å². The summed E-state index contributed by atoms with van der Waals surface area (Å²) >= 11 is 3.65. The van der Waals surface area contributed by atoms with Crippen LogP contribution in [0.15, 0.2) is 22.6 Å². The molecule has 2 aromatic rings. The molecule has 0 aliphatic carbocycles. The molecule has 0 fully saturated rings. The molecule has 0 bridgehead atoms. The predicted octanol–water partition coefficient (Wildman–Crippen LogP) is 2.90. The highest BCUT2D eigenvalue weighted by atomic mass is 127. The number of thiazole rings is 1. The first-order valence-electron chi connectivity index (χ1n) is 8.38. The van der Waals surface area contributed by atoms with Gasteiger partial charge in [0.1, 0.15) is 0 Å². The minimum Gasteiger partial charge on any atom is -0.356 e. The zero-order valence-corrected chi connectivity index (χ0v) is 18.7. The quantitative estimate of drug-likeness (QED) is 0.371. The third-order valence-electron chi connectivity index (χ3n) is 4.13. The van der Waals surface area contributed by atoms with Crippen LogP contribution in [0.4, 0.5) is 0 Å². The molecule has 0 atom stereocenters. The van der Waals surface area contributed by atoms with E-state index >= 15 is 0 Å². The van der Waals surface area contributed by atoms with Gasteiger partial charge >= 0.3 is 0 Å². The highest BCUT2D eigenvalue weighted by Gasteiger charge is 2.16. The lowest BCUT2D eigenvalue weighted by Gasteiger charge is -2.27. The standard InChI is InChI=1S/C17H25N5S2.HI/c1-13-11-21-16(24-13)3-6-19-17(18-2)20-7-9-22-8-4-15-14(12-22)5-10-23-15;/h5,10-11H,3-4,6-9,12H2,1-2H3,(H2,18,19,20);1H. The fourth-order valence-electron chi connectivity index (χ4n) is 2.86. The van der Waals surface area contributed by atoms with Gasteiger partial charge in [0.15, 0.2) is 5.96 Å². The van der Waals surface area contributed by atoms with E-state index in [9.17, 15) is 0 Å². The van der Waals surface area contributed by atoms with Crippen molar-refractivity contribution in [3.63, 3.8) is 0 Å². The molecule has 0 radical (unpaired) electrons. The Labute approximate surface area is 175 Å². The Morgan fingerprint density at radius 1 is 1.36 bits per heavy atom. The summed E-state index contributed by atoms with van der Waals surface area (Å²) in [6.45, 7) is 7.14. The van der Waals surface area contributed by atoms with Gasteiger partial charge in [-0.05, 0) is 30.4 Å². The SMILES string of the molecule is CN=C(NCCc1ncc(C)s1)NCCN1CCc2sccc2C1.I. The lowest BCUT2D eigenvalue weighted by Crippen LogP contribution is -2.43. The topological polar surface area (TPSA) is 52.6 Å². The summed E-state index contributed by atoms with van der Waals surface area (Å²) < 4.78 is 0. The average molecular weight is 491 g/mol. The highest BCUT2D eigenvalue weighted by molar-refractivity contribution is 14.0. The van der Waals surface area contributed by atoms with Gasteiger partial charge in [0.25, 0.3) is 0 Å². The van der Waals surface area contributed by atoms with Crippen molar-refractivity contribution >= 4 is 52.6 Å². The van der Waals surface area contributed by atoms with E-state index in [0.29, 0.717) is 0 Å². The second kappa shape index (κ2) is 10.4. The number of nitrogens with zero attached hydrogens (tertiary/aromatic N) is 3. The van der Waals surface area contributed by atoms with E-state index in [2.05, 4.69) is 43.9 Å². The van der Waals surface area contributed by atoms with E-state index < -0.39 is 0 Å². The summed E-state index contributed by atoms with van der Waals surface area (Å²) in [5.41, 5.74) is 1.51. The predicted molar refractivity (Wildman–Crippen MR) is 119 cm³/mol. The van der Waals surface area contributed by atoms with E-state index in [1.807, 2.05) is 24.6 Å². The highest BCUT2D eigenvalue weighted by Crippen LogP contribution is 2.23.